The summed E-state index contributed by atoms with van der Waals surface area (Å²) in [6.45, 7) is 0.706. The largest absolute Gasteiger partial charge is 0.314 e. The summed E-state index contributed by atoms with van der Waals surface area (Å²) in [4.78, 5) is 16.9. The fourth-order valence-electron chi connectivity index (χ4n) is 2.96. The molecule has 144 valence electrons. The SMILES string of the molecule is O=C(CSc1nc2ccccc2n1Cc1ccccc1)N/N=C/c1ccccc1. The molecule has 5 nitrogen and oxygen atoms in total. The van der Waals surface area contributed by atoms with Crippen LogP contribution in [0.1, 0.15) is 11.1 Å². The summed E-state index contributed by atoms with van der Waals surface area (Å²) >= 11 is 1.41. The van der Waals surface area contributed by atoms with Crippen molar-refractivity contribution in [1.82, 2.24) is 15.0 Å². The van der Waals surface area contributed by atoms with Gasteiger partial charge >= 0.3 is 0 Å². The standard InChI is InChI=1S/C23H20N4OS/c28-22(26-24-15-18-9-3-1-4-10-18)17-29-23-25-20-13-7-8-14-21(20)27(23)16-19-11-5-2-6-12-19/h1-15H,16-17H2,(H,26,28)/b24-15+. The normalized spacial score (nSPS) is 11.2. The van der Waals surface area contributed by atoms with Gasteiger partial charge in [-0.3, -0.25) is 4.79 Å². The minimum atomic E-state index is -0.166. The number of carbonyl (C=O) groups is 1. The van der Waals surface area contributed by atoms with E-state index in [1.165, 1.54) is 17.3 Å². The number of carbonyl (C=O) groups excluding carboxylic acids is 1. The third-order valence-corrected chi connectivity index (χ3v) is 5.31. The molecule has 4 aromatic rings. The van der Waals surface area contributed by atoms with Crippen LogP contribution < -0.4 is 5.43 Å². The maximum absolute atomic E-state index is 12.2. The predicted molar refractivity (Wildman–Crippen MR) is 118 cm³/mol. The Kier molecular flexibility index (Phi) is 6.02. The molecule has 0 atom stereocenters. The lowest BCUT2D eigenvalue weighted by molar-refractivity contribution is -0.118. The molecule has 0 bridgehead atoms. The third kappa shape index (κ3) is 4.92. The van der Waals surface area contributed by atoms with Crippen molar-refractivity contribution in [3.05, 3.63) is 96.1 Å². The molecule has 1 N–H and O–H groups in total. The van der Waals surface area contributed by atoms with Crippen molar-refractivity contribution in [2.24, 2.45) is 5.10 Å². The van der Waals surface area contributed by atoms with Gasteiger partial charge in [-0.2, -0.15) is 5.10 Å². The van der Waals surface area contributed by atoms with E-state index < -0.39 is 0 Å². The van der Waals surface area contributed by atoms with E-state index >= 15 is 0 Å². The van der Waals surface area contributed by atoms with Gasteiger partial charge in [-0.15, -0.1) is 0 Å². The minimum absolute atomic E-state index is 0.166. The van der Waals surface area contributed by atoms with Gasteiger partial charge in [0.2, 0.25) is 0 Å². The summed E-state index contributed by atoms with van der Waals surface area (Å²) in [6.07, 6.45) is 1.63. The summed E-state index contributed by atoms with van der Waals surface area (Å²) in [5, 5.41) is 4.84. The zero-order chi connectivity index (χ0) is 19.9. The van der Waals surface area contributed by atoms with E-state index in [1.807, 2.05) is 66.7 Å². The van der Waals surface area contributed by atoms with Crippen LogP contribution in [0.4, 0.5) is 0 Å². The summed E-state index contributed by atoms with van der Waals surface area (Å²) in [5.74, 6) is 0.0741. The molecule has 1 heterocycles. The number of nitrogens with zero attached hydrogens (tertiary/aromatic N) is 3. The number of thioether (sulfide) groups is 1. The first-order valence-corrected chi connectivity index (χ1v) is 10.3. The van der Waals surface area contributed by atoms with Gasteiger partial charge < -0.3 is 4.57 Å². The van der Waals surface area contributed by atoms with Crippen molar-refractivity contribution < 1.29 is 4.79 Å². The molecule has 0 saturated carbocycles. The Morgan fingerprint density at radius 3 is 2.45 bits per heavy atom. The first kappa shape index (κ1) is 19.0. The summed E-state index contributed by atoms with van der Waals surface area (Å²) < 4.78 is 2.15. The Bertz CT molecular complexity index is 1120. The van der Waals surface area contributed by atoms with E-state index in [2.05, 4.69) is 33.3 Å². The number of hydrogen-bond acceptors (Lipinski definition) is 4. The van der Waals surface area contributed by atoms with E-state index in [0.717, 1.165) is 21.8 Å². The Morgan fingerprint density at radius 2 is 1.66 bits per heavy atom. The van der Waals surface area contributed by atoms with Crippen LogP contribution in [0, 0.1) is 0 Å². The Balaban J connectivity index is 1.45. The number of rotatable bonds is 7. The molecule has 6 heteroatoms. The third-order valence-electron chi connectivity index (χ3n) is 4.34. The summed E-state index contributed by atoms with van der Waals surface area (Å²) in [7, 11) is 0. The molecule has 0 aliphatic heterocycles. The number of hydrogen-bond donors (Lipinski definition) is 1. The second-order valence-electron chi connectivity index (χ2n) is 6.45. The van der Waals surface area contributed by atoms with Crippen LogP contribution in [-0.2, 0) is 11.3 Å². The highest BCUT2D eigenvalue weighted by Crippen LogP contribution is 2.25. The number of fused-ring (bicyclic) bond motifs is 1. The molecule has 3 aromatic carbocycles. The van der Waals surface area contributed by atoms with E-state index in [1.54, 1.807) is 6.21 Å². The lowest BCUT2D eigenvalue weighted by Crippen LogP contribution is -2.20. The molecule has 4 rings (SSSR count). The summed E-state index contributed by atoms with van der Waals surface area (Å²) in [6, 6.07) is 27.9. The Labute approximate surface area is 173 Å². The number of amides is 1. The minimum Gasteiger partial charge on any atom is -0.314 e. The monoisotopic (exact) mass is 400 g/mol. The molecule has 0 radical (unpaired) electrons. The van der Waals surface area contributed by atoms with Crippen molar-refractivity contribution in [1.29, 1.82) is 0 Å². The van der Waals surface area contributed by atoms with Crippen LogP contribution in [0.15, 0.2) is 95.2 Å². The smallest absolute Gasteiger partial charge is 0.250 e. The van der Waals surface area contributed by atoms with Gasteiger partial charge in [0.05, 0.1) is 29.5 Å². The quantitative estimate of drug-likeness (QED) is 0.285. The maximum atomic E-state index is 12.2. The second-order valence-corrected chi connectivity index (χ2v) is 7.39. The fourth-order valence-corrected chi connectivity index (χ4v) is 3.77. The number of hydrazone groups is 1. The number of benzene rings is 3. The second kappa shape index (κ2) is 9.21. The molecule has 1 amide bonds. The molecule has 0 saturated heterocycles. The van der Waals surface area contributed by atoms with Gasteiger partial charge in [0.15, 0.2) is 5.16 Å². The van der Waals surface area contributed by atoms with E-state index in [4.69, 9.17) is 4.98 Å². The average Bonchev–Trinajstić information content (AvgIpc) is 3.11. The highest BCUT2D eigenvalue weighted by atomic mass is 32.2. The van der Waals surface area contributed by atoms with Gasteiger partial charge in [-0.25, -0.2) is 10.4 Å². The Morgan fingerprint density at radius 1 is 0.966 bits per heavy atom. The van der Waals surface area contributed by atoms with E-state index in [0.29, 0.717) is 6.54 Å². The number of aromatic nitrogens is 2. The van der Waals surface area contributed by atoms with Crippen molar-refractivity contribution in [2.75, 3.05) is 5.75 Å². The van der Waals surface area contributed by atoms with E-state index in [9.17, 15) is 4.79 Å². The average molecular weight is 401 g/mol. The predicted octanol–water partition coefficient (Wildman–Crippen LogP) is 4.33. The molecule has 29 heavy (non-hydrogen) atoms. The van der Waals surface area contributed by atoms with Gasteiger partial charge in [-0.1, -0.05) is 84.6 Å². The summed E-state index contributed by atoms with van der Waals surface area (Å²) in [5.41, 5.74) is 6.68. The molecule has 0 fully saturated rings. The number of imidazole rings is 1. The topological polar surface area (TPSA) is 59.3 Å². The van der Waals surface area contributed by atoms with Crippen molar-refractivity contribution in [3.8, 4) is 0 Å². The maximum Gasteiger partial charge on any atom is 0.250 e. The molecule has 0 unspecified atom stereocenters. The van der Waals surface area contributed by atoms with Crippen molar-refractivity contribution in [3.63, 3.8) is 0 Å². The van der Waals surface area contributed by atoms with Crippen LogP contribution in [-0.4, -0.2) is 27.4 Å². The molecule has 0 spiro atoms. The highest BCUT2D eigenvalue weighted by molar-refractivity contribution is 7.99. The van der Waals surface area contributed by atoms with Crippen molar-refractivity contribution in [2.45, 2.75) is 11.7 Å². The molecular weight excluding hydrogens is 380 g/mol. The van der Waals surface area contributed by atoms with Gasteiger partial charge in [0.25, 0.3) is 5.91 Å². The molecule has 1 aromatic heterocycles. The first-order chi connectivity index (χ1) is 14.3. The first-order valence-electron chi connectivity index (χ1n) is 9.28. The molecule has 0 aliphatic carbocycles. The van der Waals surface area contributed by atoms with Crippen molar-refractivity contribution >= 4 is 34.9 Å². The molecule has 0 aliphatic rings. The van der Waals surface area contributed by atoms with Crippen LogP contribution in [0.25, 0.3) is 11.0 Å². The lowest BCUT2D eigenvalue weighted by atomic mass is 10.2. The lowest BCUT2D eigenvalue weighted by Gasteiger charge is -2.09. The van der Waals surface area contributed by atoms with Gasteiger partial charge in [-0.05, 0) is 23.3 Å². The van der Waals surface area contributed by atoms with Crippen LogP contribution >= 0.6 is 11.8 Å². The van der Waals surface area contributed by atoms with E-state index in [-0.39, 0.29) is 11.7 Å². The number of para-hydroxylation sites is 2. The zero-order valence-electron chi connectivity index (χ0n) is 15.7. The zero-order valence-corrected chi connectivity index (χ0v) is 16.5. The van der Waals surface area contributed by atoms with Gasteiger partial charge in [0, 0.05) is 0 Å². The van der Waals surface area contributed by atoms with Gasteiger partial charge in [0.1, 0.15) is 0 Å². The highest BCUT2D eigenvalue weighted by Gasteiger charge is 2.13. The number of nitrogens with one attached hydrogen (secondary N) is 1. The Hall–Kier alpha value is -3.38. The molecular formula is C23H20N4OS. The van der Waals surface area contributed by atoms with Crippen LogP contribution in [0.3, 0.4) is 0 Å². The fraction of sp³-hybridized carbons (Fsp3) is 0.0870. The van der Waals surface area contributed by atoms with Crippen LogP contribution in [0.2, 0.25) is 0 Å². The van der Waals surface area contributed by atoms with Crippen LogP contribution in [0.5, 0.6) is 0 Å².